The molecule has 0 radical (unpaired) electrons. The Hall–Kier alpha value is -2.66. The largest absolute Gasteiger partial charge is 0.368 e. The number of hydrogen-bond donors (Lipinski definition) is 0. The van der Waals surface area contributed by atoms with Gasteiger partial charge >= 0.3 is 0 Å². The molecule has 0 bridgehead atoms. The van der Waals surface area contributed by atoms with Gasteiger partial charge in [-0.3, -0.25) is 14.5 Å². The van der Waals surface area contributed by atoms with Crippen LogP contribution in [0.5, 0.6) is 0 Å². The van der Waals surface area contributed by atoms with E-state index < -0.39 is 0 Å². The van der Waals surface area contributed by atoms with Crippen molar-refractivity contribution >= 4 is 17.4 Å². The number of piperidine rings is 1. The van der Waals surface area contributed by atoms with Gasteiger partial charge < -0.3 is 9.80 Å². The Balaban J connectivity index is 1.29. The van der Waals surface area contributed by atoms with E-state index in [9.17, 15) is 9.59 Å². The second-order valence-electron chi connectivity index (χ2n) is 8.48. The zero-order valence-corrected chi connectivity index (χ0v) is 17.8. The predicted octanol–water partition coefficient (Wildman–Crippen LogP) is 3.45. The predicted molar refractivity (Wildman–Crippen MR) is 120 cm³/mol. The standard InChI is InChI=1S/C25H31N3O2/c1-20(29)22-9-11-24(12-10-22)27-14-16-28(17-15-27)25(30)23-8-5-13-26(19-23)18-21-6-3-2-4-7-21/h2-4,6-7,9-12,23H,5,8,13-19H2,1H3. The molecule has 1 atom stereocenters. The minimum atomic E-state index is 0.0887. The van der Waals surface area contributed by atoms with Crippen molar-refractivity contribution in [2.45, 2.75) is 26.3 Å². The third-order valence-corrected chi connectivity index (χ3v) is 6.33. The van der Waals surface area contributed by atoms with Crippen LogP contribution in [-0.4, -0.2) is 60.8 Å². The molecule has 1 unspecified atom stereocenters. The van der Waals surface area contributed by atoms with Crippen LogP contribution in [0.4, 0.5) is 5.69 Å². The molecule has 4 rings (SSSR count). The number of anilines is 1. The summed E-state index contributed by atoms with van der Waals surface area (Å²) in [6, 6.07) is 18.3. The van der Waals surface area contributed by atoms with Crippen molar-refractivity contribution in [2.75, 3.05) is 44.2 Å². The number of rotatable bonds is 5. The summed E-state index contributed by atoms with van der Waals surface area (Å²) in [6.45, 7) is 7.66. The van der Waals surface area contributed by atoms with Crippen LogP contribution < -0.4 is 4.90 Å². The van der Waals surface area contributed by atoms with Gasteiger partial charge in [0.05, 0.1) is 5.92 Å². The van der Waals surface area contributed by atoms with Crippen LogP contribution in [0.3, 0.4) is 0 Å². The van der Waals surface area contributed by atoms with Crippen LogP contribution in [0.15, 0.2) is 54.6 Å². The van der Waals surface area contributed by atoms with Gasteiger partial charge in [0.1, 0.15) is 0 Å². The van der Waals surface area contributed by atoms with E-state index in [1.165, 1.54) is 5.56 Å². The molecule has 1 amide bonds. The molecular weight excluding hydrogens is 374 g/mol. The number of likely N-dealkylation sites (tertiary alicyclic amines) is 1. The van der Waals surface area contributed by atoms with Gasteiger partial charge in [-0.05, 0) is 56.1 Å². The average Bonchev–Trinajstić information content (AvgIpc) is 2.80. The van der Waals surface area contributed by atoms with E-state index in [4.69, 9.17) is 0 Å². The van der Waals surface area contributed by atoms with Crippen molar-refractivity contribution in [2.24, 2.45) is 5.92 Å². The molecular formula is C25H31N3O2. The van der Waals surface area contributed by atoms with Crippen LogP contribution in [0.2, 0.25) is 0 Å². The van der Waals surface area contributed by atoms with E-state index in [-0.39, 0.29) is 11.7 Å². The van der Waals surface area contributed by atoms with Gasteiger partial charge in [-0.2, -0.15) is 0 Å². The van der Waals surface area contributed by atoms with Crippen molar-refractivity contribution < 1.29 is 9.59 Å². The smallest absolute Gasteiger partial charge is 0.227 e. The molecule has 2 saturated heterocycles. The minimum Gasteiger partial charge on any atom is -0.368 e. The summed E-state index contributed by atoms with van der Waals surface area (Å²) < 4.78 is 0. The molecule has 0 aliphatic carbocycles. The van der Waals surface area contributed by atoms with Crippen LogP contribution >= 0.6 is 0 Å². The maximum Gasteiger partial charge on any atom is 0.227 e. The molecule has 2 fully saturated rings. The van der Waals surface area contributed by atoms with Gasteiger partial charge in [-0.1, -0.05) is 30.3 Å². The van der Waals surface area contributed by atoms with Gasteiger partial charge in [0.2, 0.25) is 5.91 Å². The first-order valence-corrected chi connectivity index (χ1v) is 11.0. The fourth-order valence-corrected chi connectivity index (χ4v) is 4.59. The summed E-state index contributed by atoms with van der Waals surface area (Å²) in [7, 11) is 0. The number of ketones is 1. The normalized spacial score (nSPS) is 20.2. The van der Waals surface area contributed by atoms with Gasteiger partial charge in [0.25, 0.3) is 0 Å². The molecule has 158 valence electrons. The van der Waals surface area contributed by atoms with Crippen LogP contribution in [-0.2, 0) is 11.3 Å². The first kappa shape index (κ1) is 20.6. The Kier molecular flexibility index (Phi) is 6.48. The summed E-state index contributed by atoms with van der Waals surface area (Å²) in [5, 5.41) is 0. The van der Waals surface area contributed by atoms with E-state index in [1.807, 2.05) is 30.3 Å². The number of piperazine rings is 1. The summed E-state index contributed by atoms with van der Waals surface area (Å²) in [6.07, 6.45) is 2.09. The van der Waals surface area contributed by atoms with Crippen molar-refractivity contribution in [3.8, 4) is 0 Å². The summed E-state index contributed by atoms with van der Waals surface area (Å²) >= 11 is 0. The number of carbonyl (C=O) groups excluding carboxylic acids is 2. The molecule has 2 aromatic rings. The SMILES string of the molecule is CC(=O)c1ccc(N2CCN(C(=O)C3CCCN(Cc4ccccc4)C3)CC2)cc1. The zero-order valence-electron chi connectivity index (χ0n) is 17.8. The maximum absolute atomic E-state index is 13.2. The zero-order chi connectivity index (χ0) is 20.9. The van der Waals surface area contributed by atoms with Gasteiger partial charge in [0.15, 0.2) is 5.78 Å². The number of amides is 1. The molecule has 0 aromatic heterocycles. The Bertz CT molecular complexity index is 858. The van der Waals surface area contributed by atoms with Crippen molar-refractivity contribution in [1.82, 2.24) is 9.80 Å². The summed E-state index contributed by atoms with van der Waals surface area (Å²) in [4.78, 5) is 31.4. The molecule has 2 heterocycles. The van der Waals surface area contributed by atoms with Gasteiger partial charge in [-0.15, -0.1) is 0 Å². The quantitative estimate of drug-likeness (QED) is 0.715. The highest BCUT2D eigenvalue weighted by molar-refractivity contribution is 5.94. The van der Waals surface area contributed by atoms with E-state index in [1.54, 1.807) is 6.92 Å². The lowest BCUT2D eigenvalue weighted by molar-refractivity contribution is -0.137. The van der Waals surface area contributed by atoms with Crippen LogP contribution in [0, 0.1) is 5.92 Å². The Morgan fingerprint density at radius 3 is 2.27 bits per heavy atom. The molecule has 30 heavy (non-hydrogen) atoms. The molecule has 5 nitrogen and oxygen atoms in total. The maximum atomic E-state index is 13.2. The van der Waals surface area contributed by atoms with Crippen molar-refractivity contribution in [3.63, 3.8) is 0 Å². The van der Waals surface area contributed by atoms with Crippen molar-refractivity contribution in [1.29, 1.82) is 0 Å². The van der Waals surface area contributed by atoms with E-state index in [0.717, 1.165) is 69.9 Å². The monoisotopic (exact) mass is 405 g/mol. The van der Waals surface area contributed by atoms with Gasteiger partial charge in [-0.25, -0.2) is 0 Å². The molecule has 5 heteroatoms. The lowest BCUT2D eigenvalue weighted by Gasteiger charge is -2.39. The highest BCUT2D eigenvalue weighted by atomic mass is 16.2. The topological polar surface area (TPSA) is 43.9 Å². The van der Waals surface area contributed by atoms with E-state index >= 15 is 0 Å². The first-order chi connectivity index (χ1) is 14.6. The Labute approximate surface area is 179 Å². The molecule has 2 aliphatic heterocycles. The Morgan fingerprint density at radius 1 is 0.900 bits per heavy atom. The number of hydrogen-bond acceptors (Lipinski definition) is 4. The first-order valence-electron chi connectivity index (χ1n) is 11.0. The Morgan fingerprint density at radius 2 is 1.60 bits per heavy atom. The molecule has 2 aromatic carbocycles. The fourth-order valence-electron chi connectivity index (χ4n) is 4.59. The molecule has 0 spiro atoms. The highest BCUT2D eigenvalue weighted by Crippen LogP contribution is 2.23. The summed E-state index contributed by atoms with van der Waals surface area (Å²) in [5.74, 6) is 0.522. The average molecular weight is 406 g/mol. The second-order valence-corrected chi connectivity index (χ2v) is 8.48. The van der Waals surface area contributed by atoms with Gasteiger partial charge in [0, 0.05) is 50.5 Å². The number of nitrogens with zero attached hydrogens (tertiary/aromatic N) is 3. The second kappa shape index (κ2) is 9.43. The van der Waals surface area contributed by atoms with Crippen LogP contribution in [0.25, 0.3) is 0 Å². The minimum absolute atomic E-state index is 0.0887. The lowest BCUT2D eigenvalue weighted by Crippen LogP contribution is -2.52. The third kappa shape index (κ3) is 4.90. The lowest BCUT2D eigenvalue weighted by atomic mass is 9.95. The highest BCUT2D eigenvalue weighted by Gasteiger charge is 2.31. The molecule has 0 saturated carbocycles. The number of Topliss-reactive ketones (excluding diaryl/α,β-unsaturated/α-hetero) is 1. The third-order valence-electron chi connectivity index (χ3n) is 6.33. The van der Waals surface area contributed by atoms with Crippen LogP contribution in [0.1, 0.15) is 35.7 Å². The summed E-state index contributed by atoms with van der Waals surface area (Å²) in [5.41, 5.74) is 3.18. The molecule has 0 N–H and O–H groups in total. The van der Waals surface area contributed by atoms with Crippen molar-refractivity contribution in [3.05, 3.63) is 65.7 Å². The fraction of sp³-hybridized carbons (Fsp3) is 0.440. The van der Waals surface area contributed by atoms with E-state index in [0.29, 0.717) is 5.91 Å². The number of benzene rings is 2. The van der Waals surface area contributed by atoms with E-state index in [2.05, 4.69) is 39.0 Å². The number of carbonyl (C=O) groups is 2. The molecule has 2 aliphatic rings.